The quantitative estimate of drug-likeness (QED) is 0.694. The molecule has 21 heavy (non-hydrogen) atoms. The highest BCUT2D eigenvalue weighted by atomic mass is 32.2. The van der Waals surface area contributed by atoms with Crippen molar-refractivity contribution in [3.63, 3.8) is 0 Å². The number of amides is 1. The lowest BCUT2D eigenvalue weighted by molar-refractivity contribution is -0.387. The molecule has 2 aromatic carbocycles. The summed E-state index contributed by atoms with van der Waals surface area (Å²) in [5.74, 6) is -0.206. The fourth-order valence-electron chi connectivity index (χ4n) is 1.76. The molecule has 2 aromatic rings. The number of para-hydroxylation sites is 1. The third-order valence-corrected chi connectivity index (χ3v) is 4.10. The van der Waals surface area contributed by atoms with E-state index in [1.807, 2.05) is 0 Å². The van der Waals surface area contributed by atoms with Crippen LogP contribution in [0.25, 0.3) is 0 Å². The van der Waals surface area contributed by atoms with Gasteiger partial charge in [-0.3, -0.25) is 14.9 Å². The lowest BCUT2D eigenvalue weighted by Gasteiger charge is -2.05. The van der Waals surface area contributed by atoms with E-state index in [1.54, 1.807) is 30.3 Å². The second-order valence-electron chi connectivity index (χ2n) is 4.20. The number of rotatable bonds is 4. The molecule has 0 aliphatic rings. The van der Waals surface area contributed by atoms with E-state index in [2.05, 4.69) is 5.32 Å². The van der Waals surface area contributed by atoms with E-state index < -0.39 is 15.7 Å². The van der Waals surface area contributed by atoms with Gasteiger partial charge in [-0.2, -0.15) is 0 Å². The molecule has 1 atom stereocenters. The van der Waals surface area contributed by atoms with Crippen molar-refractivity contribution in [2.45, 2.75) is 16.7 Å². The van der Waals surface area contributed by atoms with Gasteiger partial charge in [-0.15, -0.1) is 0 Å². The van der Waals surface area contributed by atoms with E-state index in [-0.39, 0.29) is 16.5 Å². The summed E-state index contributed by atoms with van der Waals surface area (Å²) in [5, 5.41) is 13.6. The molecule has 7 heteroatoms. The number of anilines is 1. The molecule has 0 aliphatic heterocycles. The Morgan fingerprint density at radius 3 is 2.33 bits per heavy atom. The predicted octanol–water partition coefficient (Wildman–Crippen LogP) is 2.72. The third kappa shape index (κ3) is 3.51. The van der Waals surface area contributed by atoms with Crippen LogP contribution in [0.5, 0.6) is 0 Å². The third-order valence-electron chi connectivity index (χ3n) is 2.65. The standard InChI is InChI=1S/C14H12N2O4S/c1-10(17)15-11-6-8-12(9-7-11)21(20)14-5-3-2-4-13(14)16(18)19/h2-9H,1H3,(H,15,17). The molecule has 0 spiro atoms. The largest absolute Gasteiger partial charge is 0.326 e. The van der Waals surface area contributed by atoms with Crippen LogP contribution in [0.15, 0.2) is 58.3 Å². The van der Waals surface area contributed by atoms with Gasteiger partial charge in [0.25, 0.3) is 5.69 Å². The fourth-order valence-corrected chi connectivity index (χ4v) is 2.93. The van der Waals surface area contributed by atoms with Crippen molar-refractivity contribution in [3.05, 3.63) is 58.6 Å². The smallest absolute Gasteiger partial charge is 0.285 e. The molecule has 6 nitrogen and oxygen atoms in total. The van der Waals surface area contributed by atoms with Crippen LogP contribution in [0.3, 0.4) is 0 Å². The van der Waals surface area contributed by atoms with Gasteiger partial charge >= 0.3 is 0 Å². The number of hydrogen-bond donors (Lipinski definition) is 1. The van der Waals surface area contributed by atoms with Gasteiger partial charge in [0, 0.05) is 23.6 Å². The fraction of sp³-hybridized carbons (Fsp3) is 0.0714. The lowest BCUT2D eigenvalue weighted by atomic mass is 10.3. The van der Waals surface area contributed by atoms with Crippen molar-refractivity contribution >= 4 is 28.1 Å². The summed E-state index contributed by atoms with van der Waals surface area (Å²) >= 11 is 0. The number of hydrogen-bond acceptors (Lipinski definition) is 4. The molecule has 0 heterocycles. The minimum absolute atomic E-state index is 0.148. The molecule has 2 rings (SSSR count). The summed E-state index contributed by atoms with van der Waals surface area (Å²) in [4.78, 5) is 21.9. The molecule has 1 N–H and O–H groups in total. The number of carbonyl (C=O) groups excluding carboxylic acids is 1. The lowest BCUT2D eigenvalue weighted by Crippen LogP contribution is -2.05. The molecule has 0 radical (unpaired) electrons. The summed E-state index contributed by atoms with van der Waals surface area (Å²) in [6.07, 6.45) is 0. The Kier molecular flexibility index (Phi) is 4.44. The average molecular weight is 304 g/mol. The van der Waals surface area contributed by atoms with Gasteiger partial charge in [0.15, 0.2) is 0 Å². The van der Waals surface area contributed by atoms with Crippen LogP contribution in [0.2, 0.25) is 0 Å². The second kappa shape index (κ2) is 6.27. The van der Waals surface area contributed by atoms with Gasteiger partial charge in [-0.1, -0.05) is 12.1 Å². The normalized spacial score (nSPS) is 11.7. The SMILES string of the molecule is CC(=O)Nc1ccc(S(=O)c2ccccc2[N+](=O)[O-])cc1. The van der Waals surface area contributed by atoms with Crippen molar-refractivity contribution in [2.24, 2.45) is 0 Å². The van der Waals surface area contributed by atoms with E-state index in [4.69, 9.17) is 0 Å². The Balaban J connectivity index is 2.32. The van der Waals surface area contributed by atoms with Crippen molar-refractivity contribution in [1.29, 1.82) is 0 Å². The van der Waals surface area contributed by atoms with Crippen LogP contribution in [0.4, 0.5) is 11.4 Å². The highest BCUT2D eigenvalue weighted by Crippen LogP contribution is 2.26. The molecule has 1 unspecified atom stereocenters. The van der Waals surface area contributed by atoms with Gasteiger partial charge in [0.1, 0.15) is 4.90 Å². The maximum atomic E-state index is 12.4. The van der Waals surface area contributed by atoms with Gasteiger partial charge in [0.05, 0.1) is 15.7 Å². The molecule has 108 valence electrons. The number of nitrogens with zero attached hydrogens (tertiary/aromatic N) is 1. The summed E-state index contributed by atoms with van der Waals surface area (Å²) in [7, 11) is -1.65. The summed E-state index contributed by atoms with van der Waals surface area (Å²) < 4.78 is 12.4. The molecule has 0 aliphatic carbocycles. The second-order valence-corrected chi connectivity index (χ2v) is 5.65. The molecule has 0 bridgehead atoms. The van der Waals surface area contributed by atoms with Crippen LogP contribution in [-0.2, 0) is 15.6 Å². The highest BCUT2D eigenvalue weighted by molar-refractivity contribution is 7.85. The Labute approximate surface area is 123 Å². The van der Waals surface area contributed by atoms with Crippen LogP contribution in [0, 0.1) is 10.1 Å². The summed E-state index contributed by atoms with van der Waals surface area (Å²) in [5.41, 5.74) is 0.396. The van der Waals surface area contributed by atoms with Crippen LogP contribution in [0.1, 0.15) is 6.92 Å². The monoisotopic (exact) mass is 304 g/mol. The first-order valence-electron chi connectivity index (χ1n) is 6.02. The Hall–Kier alpha value is -2.54. The molecule has 0 saturated heterocycles. The Morgan fingerprint density at radius 1 is 1.14 bits per heavy atom. The minimum Gasteiger partial charge on any atom is -0.326 e. The van der Waals surface area contributed by atoms with Crippen molar-refractivity contribution in [1.82, 2.24) is 0 Å². The van der Waals surface area contributed by atoms with Crippen molar-refractivity contribution in [2.75, 3.05) is 5.32 Å². The zero-order valence-corrected chi connectivity index (χ0v) is 11.9. The van der Waals surface area contributed by atoms with Crippen LogP contribution in [-0.4, -0.2) is 15.0 Å². The maximum Gasteiger partial charge on any atom is 0.285 e. The molecule has 0 saturated carbocycles. The Bertz CT molecular complexity index is 713. The first-order valence-corrected chi connectivity index (χ1v) is 7.17. The first kappa shape index (κ1) is 14.9. The van der Waals surface area contributed by atoms with Gasteiger partial charge in [-0.05, 0) is 30.3 Å². The average Bonchev–Trinajstić information content (AvgIpc) is 2.46. The van der Waals surface area contributed by atoms with Crippen molar-refractivity contribution < 1.29 is 13.9 Å². The predicted molar refractivity (Wildman–Crippen MR) is 78.5 cm³/mol. The number of nitro groups is 1. The van der Waals surface area contributed by atoms with Gasteiger partial charge < -0.3 is 5.32 Å². The minimum atomic E-state index is -1.65. The highest BCUT2D eigenvalue weighted by Gasteiger charge is 2.19. The number of nitrogens with one attached hydrogen (secondary N) is 1. The number of nitro benzene ring substituents is 1. The zero-order chi connectivity index (χ0) is 15.4. The molecule has 0 aromatic heterocycles. The molecular weight excluding hydrogens is 292 g/mol. The van der Waals surface area contributed by atoms with Gasteiger partial charge in [0.2, 0.25) is 5.91 Å². The molecular formula is C14H12N2O4S. The molecule has 0 fully saturated rings. The van der Waals surface area contributed by atoms with Crippen LogP contribution < -0.4 is 5.32 Å². The summed E-state index contributed by atoms with van der Waals surface area (Å²) in [6.45, 7) is 1.39. The van der Waals surface area contributed by atoms with E-state index in [0.29, 0.717) is 10.6 Å². The summed E-state index contributed by atoms with van der Waals surface area (Å²) in [6, 6.07) is 12.3. The van der Waals surface area contributed by atoms with E-state index >= 15 is 0 Å². The van der Waals surface area contributed by atoms with Crippen molar-refractivity contribution in [3.8, 4) is 0 Å². The number of carbonyl (C=O) groups is 1. The maximum absolute atomic E-state index is 12.4. The van der Waals surface area contributed by atoms with E-state index in [0.717, 1.165) is 0 Å². The topological polar surface area (TPSA) is 89.3 Å². The molecule has 1 amide bonds. The number of benzene rings is 2. The first-order chi connectivity index (χ1) is 9.99. The van der Waals surface area contributed by atoms with Crippen LogP contribution >= 0.6 is 0 Å². The zero-order valence-electron chi connectivity index (χ0n) is 11.1. The van der Waals surface area contributed by atoms with E-state index in [1.165, 1.54) is 25.1 Å². The van der Waals surface area contributed by atoms with E-state index in [9.17, 15) is 19.1 Å². The Morgan fingerprint density at radius 2 is 1.76 bits per heavy atom. The van der Waals surface area contributed by atoms with Gasteiger partial charge in [-0.25, -0.2) is 4.21 Å².